The van der Waals surface area contributed by atoms with Gasteiger partial charge in [-0.25, -0.2) is 0 Å². The van der Waals surface area contributed by atoms with Crippen LogP contribution in [0.5, 0.6) is 5.75 Å². The molecule has 3 rings (SSSR count). The Kier molecular flexibility index (Phi) is 3.76. The minimum atomic E-state index is 0.462. The molecule has 0 radical (unpaired) electrons. The number of hydrogen-bond donors (Lipinski definition) is 1. The lowest BCUT2D eigenvalue weighted by Gasteiger charge is -2.36. The van der Waals surface area contributed by atoms with Crippen LogP contribution in [-0.2, 0) is 6.42 Å². The largest absolute Gasteiger partial charge is 0.493 e. The van der Waals surface area contributed by atoms with E-state index >= 15 is 0 Å². The first-order valence-corrected chi connectivity index (χ1v) is 7.47. The Bertz CT molecular complexity index is 446. The van der Waals surface area contributed by atoms with Crippen LogP contribution in [0.15, 0.2) is 18.2 Å². The zero-order valence-corrected chi connectivity index (χ0v) is 11.8. The summed E-state index contributed by atoms with van der Waals surface area (Å²) in [5.74, 6) is 1.76. The summed E-state index contributed by atoms with van der Waals surface area (Å²) in [5, 5.41) is 0. The highest BCUT2D eigenvalue weighted by atomic mass is 16.5. The second-order valence-electron chi connectivity index (χ2n) is 5.88. The van der Waals surface area contributed by atoms with Gasteiger partial charge in [-0.15, -0.1) is 0 Å². The number of fused-ring (bicyclic) bond motifs is 1. The molecule has 1 aromatic carbocycles. The SMILES string of the molecule is CC(c1ccc2c(c1)OCC2)N1CCCC(CN)C1. The molecule has 3 heteroatoms. The van der Waals surface area contributed by atoms with E-state index in [1.165, 1.54) is 30.5 Å². The van der Waals surface area contributed by atoms with Gasteiger partial charge in [0.1, 0.15) is 5.75 Å². The van der Waals surface area contributed by atoms with Gasteiger partial charge < -0.3 is 10.5 Å². The van der Waals surface area contributed by atoms with Crippen molar-refractivity contribution in [2.45, 2.75) is 32.2 Å². The first-order chi connectivity index (χ1) is 9.28. The fraction of sp³-hybridized carbons (Fsp3) is 0.625. The fourth-order valence-electron chi connectivity index (χ4n) is 3.30. The van der Waals surface area contributed by atoms with Gasteiger partial charge in [-0.3, -0.25) is 4.90 Å². The van der Waals surface area contributed by atoms with Crippen LogP contribution in [0, 0.1) is 5.92 Å². The van der Waals surface area contributed by atoms with Gasteiger partial charge in [0.15, 0.2) is 0 Å². The summed E-state index contributed by atoms with van der Waals surface area (Å²) in [6.45, 7) is 6.28. The van der Waals surface area contributed by atoms with Gasteiger partial charge in [-0.2, -0.15) is 0 Å². The van der Waals surface area contributed by atoms with Crippen LogP contribution in [0.3, 0.4) is 0 Å². The molecule has 1 aromatic rings. The van der Waals surface area contributed by atoms with Crippen molar-refractivity contribution < 1.29 is 4.74 Å². The highest BCUT2D eigenvalue weighted by Gasteiger charge is 2.24. The van der Waals surface area contributed by atoms with Gasteiger partial charge in [-0.1, -0.05) is 12.1 Å². The lowest BCUT2D eigenvalue weighted by molar-refractivity contribution is 0.134. The fourth-order valence-corrected chi connectivity index (χ4v) is 3.30. The van der Waals surface area contributed by atoms with E-state index in [0.717, 1.165) is 31.9 Å². The second-order valence-corrected chi connectivity index (χ2v) is 5.88. The molecule has 19 heavy (non-hydrogen) atoms. The molecule has 2 aliphatic heterocycles. The smallest absolute Gasteiger partial charge is 0.122 e. The zero-order chi connectivity index (χ0) is 13.2. The number of nitrogens with two attached hydrogens (primary N) is 1. The minimum Gasteiger partial charge on any atom is -0.493 e. The maximum absolute atomic E-state index is 5.83. The third-order valence-electron chi connectivity index (χ3n) is 4.63. The van der Waals surface area contributed by atoms with Gasteiger partial charge in [0, 0.05) is 19.0 Å². The lowest BCUT2D eigenvalue weighted by Crippen LogP contribution is -2.39. The molecule has 2 N–H and O–H groups in total. The Morgan fingerprint density at radius 2 is 2.37 bits per heavy atom. The quantitative estimate of drug-likeness (QED) is 0.906. The van der Waals surface area contributed by atoms with Gasteiger partial charge in [0.05, 0.1) is 6.61 Å². The summed E-state index contributed by atoms with van der Waals surface area (Å²) < 4.78 is 5.68. The molecule has 0 saturated carbocycles. The van der Waals surface area contributed by atoms with E-state index in [1.807, 2.05) is 0 Å². The van der Waals surface area contributed by atoms with Crippen molar-refractivity contribution in [3.63, 3.8) is 0 Å². The summed E-state index contributed by atoms with van der Waals surface area (Å²) in [6, 6.07) is 7.20. The maximum atomic E-state index is 5.83. The monoisotopic (exact) mass is 260 g/mol. The summed E-state index contributed by atoms with van der Waals surface area (Å²) in [6.07, 6.45) is 3.61. The number of rotatable bonds is 3. The molecule has 1 saturated heterocycles. The van der Waals surface area contributed by atoms with Crippen LogP contribution in [0.1, 0.15) is 36.9 Å². The number of ether oxygens (including phenoxy) is 1. The topological polar surface area (TPSA) is 38.5 Å². The molecule has 2 atom stereocenters. The van der Waals surface area contributed by atoms with Crippen molar-refractivity contribution in [2.24, 2.45) is 11.7 Å². The van der Waals surface area contributed by atoms with Crippen LogP contribution in [0.2, 0.25) is 0 Å². The molecule has 1 fully saturated rings. The van der Waals surface area contributed by atoms with Gasteiger partial charge in [-0.05, 0) is 56.0 Å². The number of nitrogens with zero attached hydrogens (tertiary/aromatic N) is 1. The van der Waals surface area contributed by atoms with Gasteiger partial charge in [0.2, 0.25) is 0 Å². The molecule has 3 nitrogen and oxygen atoms in total. The molecule has 2 unspecified atom stereocenters. The van der Waals surface area contributed by atoms with E-state index in [1.54, 1.807) is 0 Å². The summed E-state index contributed by atoms with van der Waals surface area (Å²) in [7, 11) is 0. The number of hydrogen-bond acceptors (Lipinski definition) is 3. The van der Waals surface area contributed by atoms with Crippen molar-refractivity contribution in [1.29, 1.82) is 0 Å². The summed E-state index contributed by atoms with van der Waals surface area (Å²) in [5.41, 5.74) is 8.56. The molecular formula is C16H24N2O. The van der Waals surface area contributed by atoms with E-state index in [9.17, 15) is 0 Å². The number of piperidine rings is 1. The number of likely N-dealkylation sites (tertiary alicyclic amines) is 1. The lowest BCUT2D eigenvalue weighted by atomic mass is 9.95. The van der Waals surface area contributed by atoms with E-state index in [4.69, 9.17) is 10.5 Å². The van der Waals surface area contributed by atoms with E-state index < -0.39 is 0 Å². The molecule has 104 valence electrons. The average molecular weight is 260 g/mol. The molecule has 0 aromatic heterocycles. The van der Waals surface area contributed by atoms with Crippen LogP contribution < -0.4 is 10.5 Å². The Morgan fingerprint density at radius 1 is 1.47 bits per heavy atom. The van der Waals surface area contributed by atoms with E-state index in [2.05, 4.69) is 30.0 Å². The molecule has 0 amide bonds. The second kappa shape index (κ2) is 5.51. The summed E-state index contributed by atoms with van der Waals surface area (Å²) >= 11 is 0. The Labute approximate surface area is 115 Å². The van der Waals surface area contributed by atoms with Gasteiger partial charge in [0.25, 0.3) is 0 Å². The summed E-state index contributed by atoms with van der Waals surface area (Å²) in [4.78, 5) is 2.57. The van der Waals surface area contributed by atoms with E-state index in [0.29, 0.717) is 12.0 Å². The van der Waals surface area contributed by atoms with Crippen molar-refractivity contribution in [3.8, 4) is 5.75 Å². The normalized spacial score (nSPS) is 24.8. The molecule has 0 spiro atoms. The Balaban J connectivity index is 1.74. The maximum Gasteiger partial charge on any atom is 0.122 e. The van der Waals surface area contributed by atoms with Crippen molar-refractivity contribution in [2.75, 3.05) is 26.2 Å². The molecule has 0 bridgehead atoms. The third kappa shape index (κ3) is 2.63. The standard InChI is InChI=1S/C16H24N2O/c1-12(18-7-2-3-13(10-17)11-18)15-5-4-14-6-8-19-16(14)9-15/h4-5,9,12-13H,2-3,6-8,10-11,17H2,1H3. The minimum absolute atomic E-state index is 0.462. The Hall–Kier alpha value is -1.06. The average Bonchev–Trinajstić information content (AvgIpc) is 2.94. The zero-order valence-electron chi connectivity index (χ0n) is 11.8. The highest BCUT2D eigenvalue weighted by molar-refractivity contribution is 5.41. The first-order valence-electron chi connectivity index (χ1n) is 7.47. The molecule has 0 aliphatic carbocycles. The van der Waals surface area contributed by atoms with Crippen LogP contribution >= 0.6 is 0 Å². The van der Waals surface area contributed by atoms with Crippen LogP contribution in [0.25, 0.3) is 0 Å². The van der Waals surface area contributed by atoms with Crippen molar-refractivity contribution in [3.05, 3.63) is 29.3 Å². The van der Waals surface area contributed by atoms with Crippen molar-refractivity contribution in [1.82, 2.24) is 4.90 Å². The molecule has 2 heterocycles. The molecule has 2 aliphatic rings. The van der Waals surface area contributed by atoms with E-state index in [-0.39, 0.29) is 0 Å². The van der Waals surface area contributed by atoms with Crippen LogP contribution in [0.4, 0.5) is 0 Å². The highest BCUT2D eigenvalue weighted by Crippen LogP contribution is 2.32. The predicted octanol–water partition coefficient (Wildman–Crippen LogP) is 2.35. The van der Waals surface area contributed by atoms with Crippen molar-refractivity contribution >= 4 is 0 Å². The Morgan fingerprint density at radius 3 is 3.21 bits per heavy atom. The predicted molar refractivity (Wildman–Crippen MR) is 77.4 cm³/mol. The van der Waals surface area contributed by atoms with Crippen LogP contribution in [-0.4, -0.2) is 31.1 Å². The van der Waals surface area contributed by atoms with Gasteiger partial charge >= 0.3 is 0 Å². The number of benzene rings is 1. The third-order valence-corrected chi connectivity index (χ3v) is 4.63. The first kappa shape index (κ1) is 12.9. The molecular weight excluding hydrogens is 236 g/mol.